The van der Waals surface area contributed by atoms with Crippen LogP contribution in [0, 0.1) is 0 Å². The van der Waals surface area contributed by atoms with Gasteiger partial charge in [-0.15, -0.1) is 0 Å². The molecule has 3 aromatic rings. The molecular weight excluding hydrogens is 398 g/mol. The SMILES string of the molecule is CCN(C)Cc1c(-c2ccc3c(c2)N(Cc2ccccc2)C(C)(C)NC3OC)c[nH]c1N. The molecule has 1 aliphatic rings. The van der Waals surface area contributed by atoms with E-state index in [-0.39, 0.29) is 11.9 Å². The minimum atomic E-state index is -0.287. The predicted octanol–water partition coefficient (Wildman–Crippen LogP) is 4.71. The number of ether oxygens (including phenoxy) is 1. The number of nitrogens with one attached hydrogen (secondary N) is 2. The van der Waals surface area contributed by atoms with Gasteiger partial charge in [0.25, 0.3) is 0 Å². The van der Waals surface area contributed by atoms with Gasteiger partial charge < -0.3 is 25.3 Å². The van der Waals surface area contributed by atoms with Crippen molar-refractivity contribution in [3.05, 3.63) is 71.4 Å². The number of H-pyrrole nitrogens is 1. The lowest BCUT2D eigenvalue weighted by Crippen LogP contribution is -2.59. The number of aromatic amines is 1. The van der Waals surface area contributed by atoms with Crippen molar-refractivity contribution in [2.45, 2.75) is 45.8 Å². The third kappa shape index (κ3) is 4.26. The van der Waals surface area contributed by atoms with Gasteiger partial charge in [0.1, 0.15) is 12.0 Å². The molecule has 0 fully saturated rings. The summed E-state index contributed by atoms with van der Waals surface area (Å²) in [5.41, 5.74) is 13.1. The second-order valence-corrected chi connectivity index (χ2v) is 9.09. The zero-order chi connectivity index (χ0) is 22.9. The molecule has 4 N–H and O–H groups in total. The fourth-order valence-electron chi connectivity index (χ4n) is 4.46. The number of fused-ring (bicyclic) bond motifs is 1. The number of hydrogen-bond donors (Lipinski definition) is 3. The molecule has 1 aromatic heterocycles. The third-order valence-electron chi connectivity index (χ3n) is 6.48. The average Bonchev–Trinajstić information content (AvgIpc) is 3.15. The Morgan fingerprint density at radius 2 is 1.91 bits per heavy atom. The number of benzene rings is 2. The summed E-state index contributed by atoms with van der Waals surface area (Å²) in [5.74, 6) is 0.732. The van der Waals surface area contributed by atoms with E-state index in [1.54, 1.807) is 7.11 Å². The van der Waals surface area contributed by atoms with E-state index < -0.39 is 0 Å². The van der Waals surface area contributed by atoms with Gasteiger partial charge in [-0.1, -0.05) is 49.4 Å². The van der Waals surface area contributed by atoms with Gasteiger partial charge in [0.2, 0.25) is 0 Å². The van der Waals surface area contributed by atoms with E-state index in [1.165, 1.54) is 11.3 Å². The normalized spacial score (nSPS) is 17.6. The highest BCUT2D eigenvalue weighted by atomic mass is 16.5. The van der Waals surface area contributed by atoms with E-state index in [9.17, 15) is 0 Å². The Balaban J connectivity index is 1.80. The van der Waals surface area contributed by atoms with Crippen LogP contribution in [0.1, 0.15) is 43.7 Å². The molecule has 4 rings (SSSR count). The van der Waals surface area contributed by atoms with Gasteiger partial charge in [-0.05, 0) is 44.6 Å². The van der Waals surface area contributed by atoms with E-state index in [0.29, 0.717) is 0 Å². The molecule has 0 bridgehead atoms. The summed E-state index contributed by atoms with van der Waals surface area (Å²) in [7, 11) is 3.87. The van der Waals surface area contributed by atoms with Gasteiger partial charge in [0.15, 0.2) is 0 Å². The molecule has 0 amide bonds. The number of nitrogens with two attached hydrogens (primary N) is 1. The minimum Gasteiger partial charge on any atom is -0.385 e. The van der Waals surface area contributed by atoms with Crippen molar-refractivity contribution in [2.24, 2.45) is 0 Å². The van der Waals surface area contributed by atoms with Crippen LogP contribution >= 0.6 is 0 Å². The quantitative estimate of drug-likeness (QED) is 0.504. The first-order valence-electron chi connectivity index (χ1n) is 11.2. The van der Waals surface area contributed by atoms with Crippen LogP contribution in [0.2, 0.25) is 0 Å². The summed E-state index contributed by atoms with van der Waals surface area (Å²) < 4.78 is 5.82. The first kappa shape index (κ1) is 22.4. The number of anilines is 2. The Hall–Kier alpha value is -2.80. The van der Waals surface area contributed by atoms with Gasteiger partial charge in [0.05, 0.1) is 5.66 Å². The largest absolute Gasteiger partial charge is 0.385 e. The molecule has 0 spiro atoms. The molecule has 32 heavy (non-hydrogen) atoms. The highest BCUT2D eigenvalue weighted by molar-refractivity contribution is 5.77. The van der Waals surface area contributed by atoms with Crippen molar-refractivity contribution in [3.8, 4) is 11.1 Å². The maximum atomic E-state index is 6.31. The standard InChI is InChI=1S/C26H35N5O/c1-6-30(4)17-22-21(15-28-24(22)27)19-12-13-20-23(14-19)31(16-18-10-8-7-9-11-18)26(2,3)29-25(20)32-5/h7-15,25,28-29H,6,16-17,27H2,1-5H3. The fourth-order valence-corrected chi connectivity index (χ4v) is 4.46. The number of hydrogen-bond acceptors (Lipinski definition) is 5. The smallest absolute Gasteiger partial charge is 0.137 e. The zero-order valence-electron chi connectivity index (χ0n) is 19.8. The summed E-state index contributed by atoms with van der Waals surface area (Å²) in [6.45, 7) is 9.13. The van der Waals surface area contributed by atoms with Crippen LogP contribution < -0.4 is 16.0 Å². The first-order valence-corrected chi connectivity index (χ1v) is 11.2. The Labute approximate surface area is 191 Å². The summed E-state index contributed by atoms with van der Waals surface area (Å²) in [6.07, 6.45) is 1.86. The Morgan fingerprint density at radius 3 is 2.59 bits per heavy atom. The number of rotatable bonds is 7. The summed E-state index contributed by atoms with van der Waals surface area (Å²) in [6, 6.07) is 17.2. The van der Waals surface area contributed by atoms with Crippen molar-refractivity contribution in [1.82, 2.24) is 15.2 Å². The maximum Gasteiger partial charge on any atom is 0.137 e. The molecule has 6 heteroatoms. The lowest BCUT2D eigenvalue weighted by atomic mass is 9.95. The maximum absolute atomic E-state index is 6.31. The van der Waals surface area contributed by atoms with E-state index >= 15 is 0 Å². The first-order chi connectivity index (χ1) is 15.3. The van der Waals surface area contributed by atoms with E-state index in [0.717, 1.165) is 47.7 Å². The van der Waals surface area contributed by atoms with Crippen molar-refractivity contribution in [3.63, 3.8) is 0 Å². The Kier molecular flexibility index (Phi) is 6.29. The minimum absolute atomic E-state index is 0.164. The van der Waals surface area contributed by atoms with E-state index in [2.05, 4.69) is 96.5 Å². The third-order valence-corrected chi connectivity index (χ3v) is 6.48. The molecule has 6 nitrogen and oxygen atoms in total. The molecule has 0 saturated carbocycles. The molecule has 1 unspecified atom stereocenters. The van der Waals surface area contributed by atoms with E-state index in [4.69, 9.17) is 10.5 Å². The van der Waals surface area contributed by atoms with Crippen molar-refractivity contribution >= 4 is 11.5 Å². The monoisotopic (exact) mass is 433 g/mol. The molecule has 0 radical (unpaired) electrons. The highest BCUT2D eigenvalue weighted by Crippen LogP contribution is 2.41. The summed E-state index contributed by atoms with van der Waals surface area (Å²) in [5, 5.41) is 3.65. The highest BCUT2D eigenvalue weighted by Gasteiger charge is 2.37. The van der Waals surface area contributed by atoms with Crippen molar-refractivity contribution in [1.29, 1.82) is 0 Å². The van der Waals surface area contributed by atoms with Gasteiger partial charge in [0, 0.05) is 48.8 Å². The lowest BCUT2D eigenvalue weighted by Gasteiger charge is -2.48. The lowest BCUT2D eigenvalue weighted by molar-refractivity contribution is 0.0392. The summed E-state index contributed by atoms with van der Waals surface area (Å²) >= 11 is 0. The number of nitrogens with zero attached hydrogens (tertiary/aromatic N) is 2. The molecule has 0 saturated heterocycles. The molecule has 170 valence electrons. The van der Waals surface area contributed by atoms with E-state index in [1.807, 2.05) is 6.20 Å². The second kappa shape index (κ2) is 8.98. The van der Waals surface area contributed by atoms with Crippen LogP contribution in [-0.2, 0) is 17.8 Å². The van der Waals surface area contributed by atoms with Gasteiger partial charge in [-0.3, -0.25) is 5.32 Å². The Bertz CT molecular complexity index is 1060. The van der Waals surface area contributed by atoms with Crippen LogP contribution in [0.15, 0.2) is 54.7 Å². The molecule has 0 aliphatic carbocycles. The van der Waals surface area contributed by atoms with Gasteiger partial charge in [-0.25, -0.2) is 0 Å². The van der Waals surface area contributed by atoms with Crippen LogP contribution in [0.4, 0.5) is 11.5 Å². The molecule has 1 aliphatic heterocycles. The predicted molar refractivity (Wildman–Crippen MR) is 132 cm³/mol. The van der Waals surface area contributed by atoms with Crippen molar-refractivity contribution < 1.29 is 4.74 Å². The van der Waals surface area contributed by atoms with Crippen LogP contribution in [-0.4, -0.2) is 36.2 Å². The molecule has 2 aromatic carbocycles. The summed E-state index contributed by atoms with van der Waals surface area (Å²) in [4.78, 5) is 7.92. The topological polar surface area (TPSA) is 69.5 Å². The van der Waals surface area contributed by atoms with Crippen LogP contribution in [0.25, 0.3) is 11.1 Å². The fraction of sp³-hybridized carbons (Fsp3) is 0.385. The van der Waals surface area contributed by atoms with Crippen LogP contribution in [0.5, 0.6) is 0 Å². The van der Waals surface area contributed by atoms with Crippen LogP contribution in [0.3, 0.4) is 0 Å². The average molecular weight is 434 g/mol. The van der Waals surface area contributed by atoms with Gasteiger partial charge >= 0.3 is 0 Å². The Morgan fingerprint density at radius 1 is 1.16 bits per heavy atom. The van der Waals surface area contributed by atoms with Gasteiger partial charge in [-0.2, -0.15) is 0 Å². The molecule has 2 heterocycles. The zero-order valence-corrected chi connectivity index (χ0v) is 19.8. The second-order valence-electron chi connectivity index (χ2n) is 9.09. The molecule has 1 atom stereocenters. The van der Waals surface area contributed by atoms with Crippen molar-refractivity contribution in [2.75, 3.05) is 31.3 Å². The number of nitrogen functional groups attached to an aromatic ring is 1. The number of methoxy groups -OCH3 is 1. The molecular formula is C26H35N5O. The number of aromatic nitrogens is 1.